The molecule has 0 fully saturated rings. The molecule has 0 aliphatic carbocycles. The van der Waals surface area contributed by atoms with E-state index in [9.17, 15) is 9.59 Å². The molecule has 33 heavy (non-hydrogen) atoms. The highest BCUT2D eigenvalue weighted by atomic mass is 16.2. The molecule has 6 heteroatoms. The molecule has 0 N–H and O–H groups in total. The summed E-state index contributed by atoms with van der Waals surface area (Å²) in [6, 6.07) is 26.6. The number of amides is 2. The van der Waals surface area contributed by atoms with Gasteiger partial charge in [-0.1, -0.05) is 66.2 Å². The number of fused-ring (bicyclic) bond motifs is 3. The van der Waals surface area contributed by atoms with Crippen molar-refractivity contribution in [1.29, 1.82) is 0 Å². The highest BCUT2D eigenvalue weighted by molar-refractivity contribution is 6.38. The summed E-state index contributed by atoms with van der Waals surface area (Å²) in [6.07, 6.45) is 1.49. The smallest absolute Gasteiger partial charge is 0.267 e. The average molecular weight is 430 g/mol. The van der Waals surface area contributed by atoms with Crippen LogP contribution in [0.3, 0.4) is 0 Å². The van der Waals surface area contributed by atoms with E-state index in [2.05, 4.69) is 4.98 Å². The van der Waals surface area contributed by atoms with Gasteiger partial charge in [-0.15, -0.1) is 0 Å². The Morgan fingerprint density at radius 1 is 0.727 bits per heavy atom. The van der Waals surface area contributed by atoms with Crippen LogP contribution in [-0.2, 0) is 0 Å². The molecular weight excluding hydrogens is 412 g/mol. The minimum Gasteiger partial charge on any atom is -0.268 e. The van der Waals surface area contributed by atoms with E-state index in [0.717, 1.165) is 16.8 Å². The van der Waals surface area contributed by atoms with Gasteiger partial charge in [-0.2, -0.15) is 5.10 Å². The van der Waals surface area contributed by atoms with Crippen LogP contribution >= 0.6 is 0 Å². The van der Waals surface area contributed by atoms with Gasteiger partial charge in [-0.05, 0) is 31.2 Å². The number of nitrogens with zero attached hydrogens (tertiary/aromatic N) is 4. The Kier molecular flexibility index (Phi) is 4.20. The maximum atomic E-state index is 13.6. The Morgan fingerprint density at radius 2 is 1.39 bits per heavy atom. The monoisotopic (exact) mass is 430 g/mol. The van der Waals surface area contributed by atoms with Crippen LogP contribution in [0.1, 0.15) is 26.3 Å². The van der Waals surface area contributed by atoms with Crippen molar-refractivity contribution < 1.29 is 9.59 Å². The van der Waals surface area contributed by atoms with E-state index in [4.69, 9.17) is 5.10 Å². The molecule has 1 aliphatic rings. The summed E-state index contributed by atoms with van der Waals surface area (Å²) in [5, 5.41) is 5.45. The van der Waals surface area contributed by atoms with Crippen LogP contribution < -0.4 is 4.90 Å². The van der Waals surface area contributed by atoms with E-state index in [1.165, 1.54) is 11.1 Å². The normalized spacial score (nSPS) is 13.1. The molecule has 0 saturated heterocycles. The number of aryl methyl sites for hydroxylation is 1. The quantitative estimate of drug-likeness (QED) is 0.369. The van der Waals surface area contributed by atoms with Crippen LogP contribution in [0.5, 0.6) is 0 Å². The zero-order valence-corrected chi connectivity index (χ0v) is 17.8. The van der Waals surface area contributed by atoms with E-state index in [1.54, 1.807) is 28.9 Å². The predicted molar refractivity (Wildman–Crippen MR) is 127 cm³/mol. The molecule has 0 unspecified atom stereocenters. The number of hydrogen-bond acceptors (Lipinski definition) is 4. The fourth-order valence-corrected chi connectivity index (χ4v) is 4.27. The van der Waals surface area contributed by atoms with Gasteiger partial charge in [0.15, 0.2) is 5.65 Å². The number of imide groups is 1. The number of para-hydroxylation sites is 1. The Labute approximate surface area is 189 Å². The lowest BCUT2D eigenvalue weighted by atomic mass is 10.0. The highest BCUT2D eigenvalue weighted by Gasteiger charge is 2.40. The van der Waals surface area contributed by atoms with Gasteiger partial charge in [-0.25, -0.2) is 14.6 Å². The van der Waals surface area contributed by atoms with E-state index in [-0.39, 0.29) is 17.4 Å². The average Bonchev–Trinajstić information content (AvgIpc) is 3.36. The molecular formula is C27H18N4O2. The first kappa shape index (κ1) is 19.1. The lowest BCUT2D eigenvalue weighted by molar-refractivity contribution is 0.0926. The van der Waals surface area contributed by atoms with E-state index >= 15 is 0 Å². The molecule has 6 nitrogen and oxygen atoms in total. The van der Waals surface area contributed by atoms with Gasteiger partial charge < -0.3 is 0 Å². The number of anilines is 1. The molecule has 0 atom stereocenters. The largest absolute Gasteiger partial charge is 0.268 e. The van der Waals surface area contributed by atoms with Crippen molar-refractivity contribution in [2.45, 2.75) is 6.92 Å². The number of aromatic nitrogens is 3. The Morgan fingerprint density at radius 3 is 2.09 bits per heavy atom. The van der Waals surface area contributed by atoms with Gasteiger partial charge in [0, 0.05) is 11.8 Å². The predicted octanol–water partition coefficient (Wildman–Crippen LogP) is 5.20. The number of carbonyl (C=O) groups is 2. The highest BCUT2D eigenvalue weighted by Crippen LogP contribution is 2.38. The van der Waals surface area contributed by atoms with Crippen molar-refractivity contribution >= 4 is 28.5 Å². The van der Waals surface area contributed by atoms with Gasteiger partial charge >= 0.3 is 0 Å². The van der Waals surface area contributed by atoms with Crippen LogP contribution in [0.4, 0.5) is 5.69 Å². The van der Waals surface area contributed by atoms with Gasteiger partial charge in [0.1, 0.15) is 5.69 Å². The Bertz CT molecular complexity index is 1540. The molecule has 2 aromatic heterocycles. The number of carbonyl (C=O) groups excluding carboxylic acids is 2. The van der Waals surface area contributed by atoms with Gasteiger partial charge in [0.05, 0.1) is 27.9 Å². The molecule has 158 valence electrons. The number of pyridine rings is 1. The zero-order valence-electron chi connectivity index (χ0n) is 17.8. The number of hydrogen-bond donors (Lipinski definition) is 0. The van der Waals surface area contributed by atoms with Crippen molar-refractivity contribution in [3.63, 3.8) is 0 Å². The summed E-state index contributed by atoms with van der Waals surface area (Å²) in [5.74, 6) is -0.744. The summed E-state index contributed by atoms with van der Waals surface area (Å²) in [4.78, 5) is 32.7. The van der Waals surface area contributed by atoms with Gasteiger partial charge in [-0.3, -0.25) is 9.59 Å². The van der Waals surface area contributed by atoms with E-state index in [0.29, 0.717) is 28.0 Å². The SMILES string of the molecule is Cc1ccc(-n2nc(-c3ccccc3)c3c4c(cnc32)C(=O)N(c2ccccc2)C4=O)cc1. The lowest BCUT2D eigenvalue weighted by Gasteiger charge is -2.13. The first-order valence-corrected chi connectivity index (χ1v) is 10.6. The first-order valence-electron chi connectivity index (χ1n) is 10.6. The number of rotatable bonds is 3. The van der Waals surface area contributed by atoms with E-state index < -0.39 is 0 Å². The van der Waals surface area contributed by atoms with Crippen molar-refractivity contribution in [3.05, 3.63) is 108 Å². The van der Waals surface area contributed by atoms with Crippen LogP contribution in [0.15, 0.2) is 91.1 Å². The first-order chi connectivity index (χ1) is 16.1. The molecule has 5 aromatic rings. The van der Waals surface area contributed by atoms with Crippen LogP contribution in [0.2, 0.25) is 0 Å². The second-order valence-corrected chi connectivity index (χ2v) is 7.99. The van der Waals surface area contributed by atoms with Crippen LogP contribution in [0.25, 0.3) is 28.0 Å². The molecule has 0 spiro atoms. The molecule has 0 bridgehead atoms. The van der Waals surface area contributed by atoms with E-state index in [1.807, 2.05) is 67.6 Å². The third-order valence-corrected chi connectivity index (χ3v) is 5.89. The lowest BCUT2D eigenvalue weighted by Crippen LogP contribution is -2.29. The fourth-order valence-electron chi connectivity index (χ4n) is 4.27. The topological polar surface area (TPSA) is 68.1 Å². The summed E-state index contributed by atoms with van der Waals surface area (Å²) in [7, 11) is 0. The number of benzene rings is 3. The molecule has 1 aliphatic heterocycles. The second-order valence-electron chi connectivity index (χ2n) is 7.99. The Hall–Kier alpha value is -4.58. The molecule has 3 heterocycles. The minimum atomic E-state index is -0.377. The third-order valence-electron chi connectivity index (χ3n) is 5.89. The molecule has 2 amide bonds. The van der Waals surface area contributed by atoms with Crippen molar-refractivity contribution in [1.82, 2.24) is 14.8 Å². The maximum absolute atomic E-state index is 13.6. The standard InChI is InChI=1S/C27H18N4O2/c1-17-12-14-20(15-13-17)31-25-23(24(29-31)18-8-4-2-5-9-18)22-21(16-28-25)26(32)30(27(22)33)19-10-6-3-7-11-19/h2-16H,1H3. The van der Waals surface area contributed by atoms with Crippen LogP contribution in [0, 0.1) is 6.92 Å². The molecule has 6 rings (SSSR count). The van der Waals surface area contributed by atoms with Crippen molar-refractivity contribution in [2.75, 3.05) is 4.90 Å². The summed E-state index contributed by atoms with van der Waals surface area (Å²) in [6.45, 7) is 2.02. The fraction of sp³-hybridized carbons (Fsp3) is 0.0370. The van der Waals surface area contributed by atoms with Gasteiger partial charge in [0.25, 0.3) is 11.8 Å². The third kappa shape index (κ3) is 2.88. The minimum absolute atomic E-state index is 0.289. The van der Waals surface area contributed by atoms with Crippen molar-refractivity contribution in [2.24, 2.45) is 0 Å². The second kappa shape index (κ2) is 7.24. The summed E-state index contributed by atoms with van der Waals surface area (Å²) >= 11 is 0. The van der Waals surface area contributed by atoms with Crippen LogP contribution in [-0.4, -0.2) is 26.6 Å². The molecule has 0 radical (unpaired) electrons. The van der Waals surface area contributed by atoms with Crippen molar-refractivity contribution in [3.8, 4) is 16.9 Å². The molecule has 0 saturated carbocycles. The van der Waals surface area contributed by atoms with Gasteiger partial charge in [0.2, 0.25) is 0 Å². The zero-order chi connectivity index (χ0) is 22.5. The Balaban J connectivity index is 1.65. The molecule has 3 aromatic carbocycles. The summed E-state index contributed by atoms with van der Waals surface area (Å²) < 4.78 is 1.74. The summed E-state index contributed by atoms with van der Waals surface area (Å²) in [5.41, 5.74) is 5.12. The maximum Gasteiger partial charge on any atom is 0.267 e.